The summed E-state index contributed by atoms with van der Waals surface area (Å²) in [6, 6.07) is 3.77. The average Bonchev–Trinajstić information content (AvgIpc) is 3.06. The summed E-state index contributed by atoms with van der Waals surface area (Å²) >= 11 is 0. The van der Waals surface area contributed by atoms with Crippen molar-refractivity contribution >= 4 is 17.3 Å². The summed E-state index contributed by atoms with van der Waals surface area (Å²) in [5.74, 6) is -1.15. The van der Waals surface area contributed by atoms with Crippen molar-refractivity contribution in [3.63, 3.8) is 0 Å². The van der Waals surface area contributed by atoms with Crippen LogP contribution in [0.3, 0.4) is 0 Å². The van der Waals surface area contributed by atoms with Gasteiger partial charge in [0.15, 0.2) is 11.6 Å². The number of likely N-dealkylation sites (tertiary alicyclic amines) is 1. The van der Waals surface area contributed by atoms with Crippen LogP contribution in [0, 0.1) is 29.9 Å². The minimum absolute atomic E-state index is 0.000683. The van der Waals surface area contributed by atoms with Crippen molar-refractivity contribution in [2.24, 2.45) is 24.1 Å². The van der Waals surface area contributed by atoms with Crippen LogP contribution in [0.2, 0.25) is 0 Å². The van der Waals surface area contributed by atoms with E-state index in [2.05, 4.69) is 39.6 Å². The summed E-state index contributed by atoms with van der Waals surface area (Å²) in [5, 5.41) is 3.11. The Kier molecular flexibility index (Phi) is 8.42. The zero-order valence-corrected chi connectivity index (χ0v) is 21.8. The summed E-state index contributed by atoms with van der Waals surface area (Å²) in [6.45, 7) is 14.1. The molecule has 35 heavy (non-hydrogen) atoms. The molecule has 0 radical (unpaired) electrons. The highest BCUT2D eigenvalue weighted by atomic mass is 19.2. The van der Waals surface area contributed by atoms with E-state index in [9.17, 15) is 13.6 Å². The van der Waals surface area contributed by atoms with E-state index in [1.165, 1.54) is 6.07 Å². The minimum atomic E-state index is -0.900. The van der Waals surface area contributed by atoms with E-state index in [1.807, 2.05) is 22.7 Å². The molecule has 0 aliphatic carbocycles. The Morgan fingerprint density at radius 2 is 1.89 bits per heavy atom. The lowest BCUT2D eigenvalue weighted by atomic mass is 9.85. The number of carbonyl (C=O) groups is 1. The molecule has 0 bridgehead atoms. The summed E-state index contributed by atoms with van der Waals surface area (Å²) in [6.07, 6.45) is 6.11. The summed E-state index contributed by atoms with van der Waals surface area (Å²) in [7, 11) is 1.95. The Morgan fingerprint density at radius 1 is 1.23 bits per heavy atom. The molecule has 3 N–H and O–H groups in total. The molecule has 2 heterocycles. The van der Waals surface area contributed by atoms with Crippen molar-refractivity contribution in [3.8, 4) is 0 Å². The molecule has 1 fully saturated rings. The van der Waals surface area contributed by atoms with Gasteiger partial charge in [0.2, 0.25) is 5.91 Å². The average molecular weight is 487 g/mol. The molecule has 7 heteroatoms. The number of halogens is 2. The highest BCUT2D eigenvalue weighted by Crippen LogP contribution is 2.29. The van der Waals surface area contributed by atoms with Gasteiger partial charge in [0.25, 0.3) is 0 Å². The molecule has 1 amide bonds. The third kappa shape index (κ3) is 6.94. The molecule has 1 aromatic carbocycles. The fourth-order valence-corrected chi connectivity index (χ4v) is 5.04. The van der Waals surface area contributed by atoms with E-state index in [4.69, 9.17) is 5.73 Å². The first-order valence-corrected chi connectivity index (χ1v) is 12.4. The largest absolute Gasteiger partial charge is 0.354 e. The van der Waals surface area contributed by atoms with E-state index in [0.717, 1.165) is 67.7 Å². The van der Waals surface area contributed by atoms with Crippen molar-refractivity contribution in [2.75, 3.05) is 18.4 Å². The number of hydrogen-bond donors (Lipinski definition) is 2. The van der Waals surface area contributed by atoms with Crippen LogP contribution < -0.4 is 11.1 Å². The molecule has 3 rings (SSSR count). The molecule has 1 atom stereocenters. The van der Waals surface area contributed by atoms with E-state index < -0.39 is 11.6 Å². The molecule has 1 aromatic heterocycles. The Labute approximate surface area is 208 Å². The van der Waals surface area contributed by atoms with E-state index >= 15 is 0 Å². The van der Waals surface area contributed by atoms with Gasteiger partial charge in [-0.05, 0) is 67.2 Å². The number of rotatable bonds is 8. The van der Waals surface area contributed by atoms with Crippen LogP contribution in [-0.2, 0) is 18.3 Å². The maximum absolute atomic E-state index is 13.6. The SMILES string of the molecule is C=C(Nc1ccc(F)c(F)c1)c1c(CCC(N)C2CCN(C(=O)CC(C)(C)C)CC2)c(C)cn1C. The first-order chi connectivity index (χ1) is 16.4. The van der Waals surface area contributed by atoms with Crippen LogP contribution in [0.5, 0.6) is 0 Å². The number of carbonyl (C=O) groups excluding carboxylic acids is 1. The van der Waals surface area contributed by atoms with Crippen molar-refractivity contribution in [1.29, 1.82) is 0 Å². The van der Waals surface area contributed by atoms with E-state index in [1.54, 1.807) is 0 Å². The van der Waals surface area contributed by atoms with Gasteiger partial charge in [-0.2, -0.15) is 0 Å². The highest BCUT2D eigenvalue weighted by molar-refractivity contribution is 5.77. The molecule has 1 saturated heterocycles. The van der Waals surface area contributed by atoms with Crippen LogP contribution in [0.25, 0.3) is 5.70 Å². The highest BCUT2D eigenvalue weighted by Gasteiger charge is 2.29. The number of nitrogens with one attached hydrogen (secondary N) is 1. The number of benzene rings is 1. The van der Waals surface area contributed by atoms with Gasteiger partial charge in [0.05, 0.1) is 11.4 Å². The van der Waals surface area contributed by atoms with Crippen LogP contribution in [0.4, 0.5) is 14.5 Å². The monoisotopic (exact) mass is 486 g/mol. The van der Waals surface area contributed by atoms with E-state index in [0.29, 0.717) is 23.7 Å². The smallest absolute Gasteiger partial charge is 0.223 e. The first kappa shape index (κ1) is 26.9. The zero-order valence-electron chi connectivity index (χ0n) is 21.8. The van der Waals surface area contributed by atoms with Crippen molar-refractivity contribution in [1.82, 2.24) is 9.47 Å². The third-order valence-corrected chi connectivity index (χ3v) is 6.91. The lowest BCUT2D eigenvalue weighted by Gasteiger charge is -2.36. The number of piperidine rings is 1. The van der Waals surface area contributed by atoms with Gasteiger partial charge in [-0.3, -0.25) is 4.79 Å². The lowest BCUT2D eigenvalue weighted by molar-refractivity contribution is -0.134. The predicted octanol–water partition coefficient (Wildman–Crippen LogP) is 5.63. The van der Waals surface area contributed by atoms with Gasteiger partial charge in [0, 0.05) is 50.6 Å². The summed E-state index contributed by atoms with van der Waals surface area (Å²) < 4.78 is 28.9. The Balaban J connectivity index is 1.59. The Hall–Kier alpha value is -2.67. The van der Waals surface area contributed by atoms with Crippen molar-refractivity contribution in [3.05, 3.63) is 59.4 Å². The standard InChI is InChI=1S/C28H40F2N4O/c1-18-17-33(6)27(19(2)32-21-7-9-23(29)24(30)15-21)22(18)8-10-25(31)20-11-13-34(14-12-20)26(35)16-28(3,4)5/h7,9,15,17,20,25,32H,2,8,10-14,16,31H2,1,3-6H3. The molecule has 2 aromatic rings. The second-order valence-corrected chi connectivity index (χ2v) is 11.1. The second-order valence-electron chi connectivity index (χ2n) is 11.1. The number of nitrogens with zero attached hydrogens (tertiary/aromatic N) is 2. The molecule has 5 nitrogen and oxygen atoms in total. The van der Waals surface area contributed by atoms with Crippen LogP contribution >= 0.6 is 0 Å². The zero-order chi connectivity index (χ0) is 25.9. The van der Waals surface area contributed by atoms with Gasteiger partial charge < -0.3 is 20.5 Å². The van der Waals surface area contributed by atoms with Gasteiger partial charge >= 0.3 is 0 Å². The number of aromatic nitrogens is 1. The third-order valence-electron chi connectivity index (χ3n) is 6.91. The van der Waals surface area contributed by atoms with Gasteiger partial charge in [-0.15, -0.1) is 0 Å². The Morgan fingerprint density at radius 3 is 2.49 bits per heavy atom. The Bertz CT molecular complexity index is 1060. The molecular weight excluding hydrogens is 446 g/mol. The molecule has 1 aliphatic rings. The second kappa shape index (κ2) is 10.9. The van der Waals surface area contributed by atoms with Gasteiger partial charge in [-0.1, -0.05) is 27.4 Å². The minimum Gasteiger partial charge on any atom is -0.354 e. The van der Waals surface area contributed by atoms with Gasteiger partial charge in [0.1, 0.15) is 0 Å². The number of amides is 1. The first-order valence-electron chi connectivity index (χ1n) is 12.4. The fourth-order valence-electron chi connectivity index (χ4n) is 5.04. The van der Waals surface area contributed by atoms with E-state index in [-0.39, 0.29) is 17.4 Å². The maximum Gasteiger partial charge on any atom is 0.223 e. The van der Waals surface area contributed by atoms with Gasteiger partial charge in [-0.25, -0.2) is 8.78 Å². The molecule has 0 saturated carbocycles. The van der Waals surface area contributed by atoms with Crippen LogP contribution in [0.1, 0.15) is 63.3 Å². The predicted molar refractivity (Wildman–Crippen MR) is 139 cm³/mol. The summed E-state index contributed by atoms with van der Waals surface area (Å²) in [5.41, 5.74) is 10.9. The fraction of sp³-hybridized carbons (Fsp3) is 0.536. The van der Waals surface area contributed by atoms with Crippen molar-refractivity contribution < 1.29 is 13.6 Å². The topological polar surface area (TPSA) is 63.3 Å². The van der Waals surface area contributed by atoms with Crippen molar-refractivity contribution in [2.45, 2.75) is 65.8 Å². The number of hydrogen-bond acceptors (Lipinski definition) is 3. The van der Waals surface area contributed by atoms with Crippen LogP contribution in [0.15, 0.2) is 31.0 Å². The van der Waals surface area contributed by atoms with Crippen LogP contribution in [-0.4, -0.2) is 34.5 Å². The quantitative estimate of drug-likeness (QED) is 0.508. The molecule has 1 unspecified atom stereocenters. The number of nitrogens with two attached hydrogens (primary N) is 1. The molecule has 0 spiro atoms. The molecule has 1 aliphatic heterocycles. The normalized spacial score (nSPS) is 15.8. The lowest BCUT2D eigenvalue weighted by Crippen LogP contribution is -2.44. The maximum atomic E-state index is 13.6. The number of anilines is 1. The summed E-state index contributed by atoms with van der Waals surface area (Å²) in [4.78, 5) is 14.5. The molecule has 192 valence electrons. The number of aryl methyl sites for hydroxylation is 2. The molecular formula is C28H40F2N4O.